The average molecular weight is 1020 g/mol. The number of carbonyl (C=O) groups excluding carboxylic acids is 3. The lowest BCUT2D eigenvalue weighted by Gasteiger charge is -2.44. The van der Waals surface area contributed by atoms with E-state index in [4.69, 9.17) is 28.5 Å². The maximum atomic E-state index is 13.1. The molecule has 20 heteroatoms. The summed E-state index contributed by atoms with van der Waals surface area (Å²) in [5.74, 6) is -1.54. The second-order valence-corrected chi connectivity index (χ2v) is 21.5. The molecule has 0 radical (unpaired) electrons. The van der Waals surface area contributed by atoms with Gasteiger partial charge in [-0.3, -0.25) is 18.7 Å². The first kappa shape index (κ1) is 53.2. The number of carbonyl (C=O) groups is 3. The van der Waals surface area contributed by atoms with Crippen LogP contribution in [0.15, 0.2) is 83.8 Å². The van der Waals surface area contributed by atoms with Crippen LogP contribution in [0.3, 0.4) is 0 Å². The molecule has 3 aromatic rings. The van der Waals surface area contributed by atoms with Crippen LogP contribution in [0, 0.1) is 0 Å². The van der Waals surface area contributed by atoms with Crippen LogP contribution in [0.1, 0.15) is 88.5 Å². The molecule has 4 aliphatic heterocycles. The monoisotopic (exact) mass is 1020 g/mol. The van der Waals surface area contributed by atoms with E-state index in [2.05, 4.69) is 37.8 Å². The Morgan fingerprint density at radius 2 is 1.51 bits per heavy atom. The van der Waals surface area contributed by atoms with Crippen molar-refractivity contribution in [3.8, 4) is 5.75 Å². The summed E-state index contributed by atoms with van der Waals surface area (Å²) >= 11 is 0. The third kappa shape index (κ3) is 12.7. The minimum atomic E-state index is -4.71. The van der Waals surface area contributed by atoms with Crippen LogP contribution in [0.25, 0.3) is 16.9 Å². The van der Waals surface area contributed by atoms with Gasteiger partial charge in [-0.1, -0.05) is 36.4 Å². The van der Waals surface area contributed by atoms with Crippen molar-refractivity contribution in [1.82, 2.24) is 5.06 Å². The van der Waals surface area contributed by atoms with Crippen LogP contribution >= 0.6 is 0 Å². The molecular formula is C51H62N3O15S2+. The highest BCUT2D eigenvalue weighted by Gasteiger charge is 2.49. The lowest BCUT2D eigenvalue weighted by molar-refractivity contribution is -0.437. The second kappa shape index (κ2) is 22.5. The van der Waals surface area contributed by atoms with Crippen LogP contribution in [0.5, 0.6) is 5.75 Å². The van der Waals surface area contributed by atoms with Gasteiger partial charge in [-0.25, -0.2) is 4.79 Å². The van der Waals surface area contributed by atoms with Crippen molar-refractivity contribution in [3.63, 3.8) is 0 Å². The summed E-state index contributed by atoms with van der Waals surface area (Å²) in [6.07, 6.45) is 5.97. The number of allylic oxidation sites excluding steroid dienone is 4. The zero-order chi connectivity index (χ0) is 51.1. The van der Waals surface area contributed by atoms with E-state index in [1.807, 2.05) is 60.0 Å². The molecule has 2 amide bonds. The Kier molecular flexibility index (Phi) is 16.8. The van der Waals surface area contributed by atoms with Crippen molar-refractivity contribution in [1.29, 1.82) is 0 Å². The van der Waals surface area contributed by atoms with Crippen LogP contribution in [-0.4, -0.2) is 137 Å². The molecule has 18 nitrogen and oxygen atoms in total. The van der Waals surface area contributed by atoms with Crippen LogP contribution in [0.4, 0.5) is 11.4 Å². The van der Waals surface area contributed by atoms with Crippen molar-refractivity contribution in [3.05, 3.63) is 101 Å². The summed E-state index contributed by atoms with van der Waals surface area (Å²) in [5, 5.41) is 0.483. The predicted octanol–water partition coefficient (Wildman–Crippen LogP) is 6.56. The van der Waals surface area contributed by atoms with E-state index < -0.39 is 54.7 Å². The topological polar surface area (TPSA) is 225 Å². The number of ether oxygens (including phenoxy) is 5. The highest BCUT2D eigenvalue weighted by Crippen LogP contribution is 2.49. The van der Waals surface area contributed by atoms with E-state index in [-0.39, 0.29) is 50.0 Å². The van der Waals surface area contributed by atoms with Crippen molar-refractivity contribution < 1.29 is 73.4 Å². The number of methoxy groups -OCH3 is 1. The third-order valence-electron chi connectivity index (χ3n) is 12.9. The van der Waals surface area contributed by atoms with Crippen LogP contribution < -0.4 is 9.64 Å². The number of fused-ring (bicyclic) bond motifs is 3. The van der Waals surface area contributed by atoms with E-state index in [1.165, 1.54) is 18.2 Å². The van der Waals surface area contributed by atoms with E-state index >= 15 is 0 Å². The molecule has 0 aromatic heterocycles. The normalized spacial score (nSPS) is 19.1. The van der Waals surface area contributed by atoms with Gasteiger partial charge in [0.25, 0.3) is 32.1 Å². The Balaban J connectivity index is 1.29. The summed E-state index contributed by atoms with van der Waals surface area (Å²) in [7, 11) is -7.46. The summed E-state index contributed by atoms with van der Waals surface area (Å²) in [6.45, 7) is 12.0. The third-order valence-corrected chi connectivity index (χ3v) is 14.6. The standard InChI is InChI=1S/C51H61N3O15S2/c1-35-34-50(2,3)53(20-21-65-24-25-67-27-26-66-23-22-64-5)43-33-45-40(32-39(35)43)37(29-44(68-45)36-11-7-6-8-12-36)30-46-51(4,18-9-13-49(57)69-54-47(55)16-17-48(54)56)41-31-38(71(61,62)63)14-15-42(41)52(46)19-10-28-70(58,59)60/h6-8,11-12,14-15,29-34H,9-10,13,16-28H2,1-5H3,(H-,58,59,60,61,62,63)/p+1. The Hall–Kier alpha value is -5.58. The molecule has 0 saturated carbocycles. The van der Waals surface area contributed by atoms with Gasteiger partial charge in [0.05, 0.1) is 67.9 Å². The van der Waals surface area contributed by atoms with Gasteiger partial charge in [0.1, 0.15) is 18.1 Å². The molecule has 3 aromatic carbocycles. The number of amides is 2. The maximum Gasteiger partial charge on any atom is 0.333 e. The molecule has 1 atom stereocenters. The molecule has 4 heterocycles. The van der Waals surface area contributed by atoms with Crippen LogP contribution in [-0.2, 0) is 63.8 Å². The zero-order valence-corrected chi connectivity index (χ0v) is 42.3. The fraction of sp³-hybridized carbons (Fsp3) is 0.451. The first-order valence-electron chi connectivity index (χ1n) is 23.5. The van der Waals surface area contributed by atoms with Gasteiger partial charge in [-0.15, -0.1) is 5.06 Å². The molecular weight excluding hydrogens is 959 g/mol. The van der Waals surface area contributed by atoms with E-state index in [0.29, 0.717) is 91.9 Å². The Labute approximate surface area is 414 Å². The van der Waals surface area contributed by atoms with E-state index in [9.17, 15) is 40.3 Å². The molecule has 1 unspecified atom stereocenters. The number of hydrogen-bond acceptors (Lipinski definition) is 14. The van der Waals surface area contributed by atoms with E-state index in [1.54, 1.807) is 7.11 Å². The quantitative estimate of drug-likeness (QED) is 0.0419. The maximum absolute atomic E-state index is 13.1. The molecule has 4 aliphatic rings. The predicted molar refractivity (Wildman–Crippen MR) is 264 cm³/mol. The average Bonchev–Trinajstić information content (AvgIpc) is 3.74. The minimum absolute atomic E-state index is 0.0276. The number of benzene rings is 3. The Bertz CT molecular complexity index is 2860. The second-order valence-electron chi connectivity index (χ2n) is 18.5. The number of anilines is 1. The van der Waals surface area contributed by atoms with Gasteiger partial charge in [0, 0.05) is 85.5 Å². The molecule has 0 aliphatic carbocycles. The van der Waals surface area contributed by atoms with Crippen molar-refractivity contribution in [2.24, 2.45) is 0 Å². The van der Waals surface area contributed by atoms with Crippen molar-refractivity contribution in [2.45, 2.75) is 82.1 Å². The van der Waals surface area contributed by atoms with Gasteiger partial charge in [0.2, 0.25) is 5.69 Å². The summed E-state index contributed by atoms with van der Waals surface area (Å²) in [5.41, 5.74) is 5.13. The van der Waals surface area contributed by atoms with Crippen molar-refractivity contribution in [2.75, 3.05) is 77.1 Å². The lowest BCUT2D eigenvalue weighted by Crippen LogP contribution is -2.47. The van der Waals surface area contributed by atoms with Gasteiger partial charge < -0.3 is 33.4 Å². The van der Waals surface area contributed by atoms with Gasteiger partial charge >= 0.3 is 5.97 Å². The summed E-state index contributed by atoms with van der Waals surface area (Å²) in [6, 6.07) is 17.8. The van der Waals surface area contributed by atoms with Crippen molar-refractivity contribution >= 4 is 72.0 Å². The first-order chi connectivity index (χ1) is 33.7. The molecule has 7 rings (SSSR count). The molecule has 0 spiro atoms. The number of imide groups is 1. The van der Waals surface area contributed by atoms with Gasteiger partial charge in [-0.05, 0) is 76.0 Å². The molecule has 1 fully saturated rings. The number of hydroxylamine groups is 2. The highest BCUT2D eigenvalue weighted by atomic mass is 32.2. The molecule has 71 heavy (non-hydrogen) atoms. The SMILES string of the molecule is COCCOCCOCCOCCN1c2cc3c(cc2C(C)=CC1(C)C)C(=CC1=[N+](CCCS(=O)(=O)O)c2ccc(S(=O)(=O)O)cc2C1(C)CCCC(=O)ON1C(=O)CCC1=O)C=C(c1ccccc1)O3. The number of rotatable bonds is 24. The minimum Gasteiger partial charge on any atom is -0.456 e. The van der Waals surface area contributed by atoms with E-state index in [0.717, 1.165) is 28.0 Å². The van der Waals surface area contributed by atoms with Gasteiger partial charge in [0.15, 0.2) is 5.71 Å². The first-order valence-corrected chi connectivity index (χ1v) is 26.6. The Morgan fingerprint density at radius 1 is 0.845 bits per heavy atom. The molecule has 0 bridgehead atoms. The zero-order valence-electron chi connectivity index (χ0n) is 40.7. The Morgan fingerprint density at radius 3 is 2.15 bits per heavy atom. The molecule has 382 valence electrons. The smallest absolute Gasteiger partial charge is 0.333 e. The van der Waals surface area contributed by atoms with Gasteiger partial charge in [-0.2, -0.15) is 21.4 Å². The number of nitrogens with zero attached hydrogens (tertiary/aromatic N) is 3. The summed E-state index contributed by atoms with van der Waals surface area (Å²) < 4.78 is 100. The fourth-order valence-electron chi connectivity index (χ4n) is 9.50. The molecule has 1 saturated heterocycles. The lowest BCUT2D eigenvalue weighted by atomic mass is 9.74. The van der Waals surface area contributed by atoms with Crippen LogP contribution in [0.2, 0.25) is 0 Å². The summed E-state index contributed by atoms with van der Waals surface area (Å²) in [4.78, 5) is 44.7. The molecule has 2 N–H and O–H groups in total. The highest BCUT2D eigenvalue weighted by molar-refractivity contribution is 7.86. The fourth-order valence-corrected chi connectivity index (χ4v) is 10.5. The largest absolute Gasteiger partial charge is 0.456 e. The number of hydrogen-bond donors (Lipinski definition) is 2.